The van der Waals surface area contributed by atoms with Gasteiger partial charge in [-0.2, -0.15) is 0 Å². The van der Waals surface area contributed by atoms with Crippen LogP contribution in [0.4, 0.5) is 0 Å². The van der Waals surface area contributed by atoms with Crippen molar-refractivity contribution in [1.29, 1.82) is 0 Å². The van der Waals surface area contributed by atoms with Crippen molar-refractivity contribution in [2.45, 2.75) is 45.4 Å². The molecule has 1 saturated heterocycles. The molecule has 100 valence electrons. The molecule has 0 aliphatic carbocycles. The molecule has 18 heavy (non-hydrogen) atoms. The zero-order valence-electron chi connectivity index (χ0n) is 11.4. The Labute approximate surface area is 109 Å². The first-order valence-electron chi connectivity index (χ1n) is 6.70. The van der Waals surface area contributed by atoms with Crippen LogP contribution in [0.2, 0.25) is 0 Å². The van der Waals surface area contributed by atoms with Crippen LogP contribution in [-0.4, -0.2) is 18.8 Å². The Bertz CT molecular complexity index is 375. The van der Waals surface area contributed by atoms with Crippen LogP contribution >= 0.6 is 0 Å². The number of benzene rings is 1. The third-order valence-electron chi connectivity index (χ3n) is 3.37. The van der Waals surface area contributed by atoms with Gasteiger partial charge in [0.2, 0.25) is 0 Å². The van der Waals surface area contributed by atoms with E-state index in [1.54, 1.807) is 0 Å². The van der Waals surface area contributed by atoms with Gasteiger partial charge in [-0.15, -0.1) is 0 Å². The van der Waals surface area contributed by atoms with Crippen LogP contribution in [0, 0.1) is 5.92 Å². The van der Waals surface area contributed by atoms with Crippen molar-refractivity contribution in [3.8, 4) is 5.75 Å². The highest BCUT2D eigenvalue weighted by Gasteiger charge is 2.28. The maximum atomic E-state index is 6.29. The molecule has 0 aromatic heterocycles. The van der Waals surface area contributed by atoms with E-state index in [4.69, 9.17) is 15.2 Å². The van der Waals surface area contributed by atoms with E-state index in [0.29, 0.717) is 12.0 Å². The number of nitrogens with two attached hydrogens (primary N) is 1. The van der Waals surface area contributed by atoms with Gasteiger partial charge in [0.1, 0.15) is 5.75 Å². The largest absolute Gasteiger partial charge is 0.491 e. The molecule has 0 amide bonds. The summed E-state index contributed by atoms with van der Waals surface area (Å²) < 4.78 is 11.2. The van der Waals surface area contributed by atoms with Crippen molar-refractivity contribution in [2.75, 3.05) is 6.61 Å². The summed E-state index contributed by atoms with van der Waals surface area (Å²) >= 11 is 0. The number of ether oxygens (including phenoxy) is 2. The van der Waals surface area contributed by atoms with Crippen molar-refractivity contribution < 1.29 is 9.47 Å². The smallest absolute Gasteiger partial charge is 0.119 e. The third kappa shape index (κ3) is 3.24. The molecule has 1 aliphatic heterocycles. The first-order chi connectivity index (χ1) is 8.56. The van der Waals surface area contributed by atoms with E-state index >= 15 is 0 Å². The summed E-state index contributed by atoms with van der Waals surface area (Å²) in [6, 6.07) is 8.17. The second-order valence-electron chi connectivity index (χ2n) is 5.40. The molecule has 0 bridgehead atoms. The number of hydrogen-bond donors (Lipinski definition) is 1. The summed E-state index contributed by atoms with van der Waals surface area (Å²) in [5.74, 6) is 1.33. The molecule has 1 aliphatic rings. The number of hydrogen-bond acceptors (Lipinski definition) is 3. The van der Waals surface area contributed by atoms with Crippen molar-refractivity contribution in [3.05, 3.63) is 29.8 Å². The average molecular weight is 249 g/mol. The quantitative estimate of drug-likeness (QED) is 0.892. The minimum absolute atomic E-state index is 0.0584. The predicted octanol–water partition coefficient (Wildman–Crippen LogP) is 2.90. The van der Waals surface area contributed by atoms with E-state index in [2.05, 4.69) is 19.1 Å². The van der Waals surface area contributed by atoms with Crippen LogP contribution in [0.3, 0.4) is 0 Å². The van der Waals surface area contributed by atoms with Gasteiger partial charge in [-0.3, -0.25) is 0 Å². The number of rotatable bonds is 4. The molecule has 0 radical (unpaired) electrons. The minimum Gasteiger partial charge on any atom is -0.491 e. The first-order valence-corrected chi connectivity index (χ1v) is 6.70. The van der Waals surface area contributed by atoms with Crippen LogP contribution in [0.5, 0.6) is 5.75 Å². The van der Waals surface area contributed by atoms with Gasteiger partial charge in [0, 0.05) is 12.0 Å². The van der Waals surface area contributed by atoms with Gasteiger partial charge in [-0.05, 0) is 44.9 Å². The SMILES string of the molecule is CC(C)Oc1ccc(C(N)C2COC(C)C2)cc1. The third-order valence-corrected chi connectivity index (χ3v) is 3.37. The van der Waals surface area contributed by atoms with E-state index in [1.807, 2.05) is 26.0 Å². The van der Waals surface area contributed by atoms with E-state index in [1.165, 1.54) is 0 Å². The lowest BCUT2D eigenvalue weighted by atomic mass is 9.92. The summed E-state index contributed by atoms with van der Waals surface area (Å²) in [7, 11) is 0. The van der Waals surface area contributed by atoms with Crippen molar-refractivity contribution in [1.82, 2.24) is 0 Å². The zero-order chi connectivity index (χ0) is 13.1. The van der Waals surface area contributed by atoms with Crippen LogP contribution in [0.25, 0.3) is 0 Å². The Morgan fingerprint density at radius 3 is 2.44 bits per heavy atom. The normalized spacial score (nSPS) is 25.4. The summed E-state index contributed by atoms with van der Waals surface area (Å²) in [5, 5.41) is 0. The van der Waals surface area contributed by atoms with Gasteiger partial charge >= 0.3 is 0 Å². The summed E-state index contributed by atoms with van der Waals surface area (Å²) in [4.78, 5) is 0. The maximum Gasteiger partial charge on any atom is 0.119 e. The van der Waals surface area contributed by atoms with Gasteiger partial charge in [0.05, 0.1) is 18.8 Å². The molecule has 3 heteroatoms. The summed E-state index contributed by atoms with van der Waals surface area (Å²) in [6.07, 6.45) is 1.59. The summed E-state index contributed by atoms with van der Waals surface area (Å²) in [6.45, 7) is 6.92. The molecular weight excluding hydrogens is 226 g/mol. The Kier molecular flexibility index (Phi) is 4.25. The molecule has 1 aromatic carbocycles. The van der Waals surface area contributed by atoms with Gasteiger partial charge < -0.3 is 15.2 Å². The molecule has 2 rings (SSSR count). The molecule has 1 heterocycles. The van der Waals surface area contributed by atoms with Gasteiger partial charge in [0.25, 0.3) is 0 Å². The molecular formula is C15H23NO2. The van der Waals surface area contributed by atoms with E-state index in [0.717, 1.165) is 24.3 Å². The molecule has 3 unspecified atom stereocenters. The second-order valence-corrected chi connectivity index (χ2v) is 5.40. The van der Waals surface area contributed by atoms with Crippen LogP contribution in [0.15, 0.2) is 24.3 Å². The van der Waals surface area contributed by atoms with Gasteiger partial charge in [-0.1, -0.05) is 12.1 Å². The fraction of sp³-hybridized carbons (Fsp3) is 0.600. The van der Waals surface area contributed by atoms with E-state index in [-0.39, 0.29) is 12.1 Å². The molecule has 0 saturated carbocycles. The Balaban J connectivity index is 2.00. The highest BCUT2D eigenvalue weighted by molar-refractivity contribution is 5.29. The Morgan fingerprint density at radius 2 is 1.94 bits per heavy atom. The molecule has 1 fully saturated rings. The second kappa shape index (κ2) is 5.72. The first kappa shape index (κ1) is 13.4. The molecule has 1 aromatic rings. The molecule has 2 N–H and O–H groups in total. The van der Waals surface area contributed by atoms with Crippen molar-refractivity contribution in [2.24, 2.45) is 11.7 Å². The van der Waals surface area contributed by atoms with Crippen molar-refractivity contribution in [3.63, 3.8) is 0 Å². The lowest BCUT2D eigenvalue weighted by Crippen LogP contribution is -2.21. The van der Waals surface area contributed by atoms with Crippen molar-refractivity contribution >= 4 is 0 Å². The van der Waals surface area contributed by atoms with Crippen LogP contribution in [-0.2, 0) is 4.74 Å². The molecule has 3 nitrogen and oxygen atoms in total. The summed E-state index contributed by atoms with van der Waals surface area (Å²) in [5.41, 5.74) is 7.45. The van der Waals surface area contributed by atoms with Gasteiger partial charge in [0.15, 0.2) is 0 Å². The topological polar surface area (TPSA) is 44.5 Å². The monoisotopic (exact) mass is 249 g/mol. The van der Waals surface area contributed by atoms with Crippen LogP contribution in [0.1, 0.15) is 38.8 Å². The Morgan fingerprint density at radius 1 is 1.28 bits per heavy atom. The highest BCUT2D eigenvalue weighted by Crippen LogP contribution is 2.30. The molecule has 3 atom stereocenters. The fourth-order valence-corrected chi connectivity index (χ4v) is 2.41. The fourth-order valence-electron chi connectivity index (χ4n) is 2.41. The lowest BCUT2D eigenvalue weighted by Gasteiger charge is -2.18. The zero-order valence-corrected chi connectivity index (χ0v) is 11.4. The minimum atomic E-state index is 0.0584. The highest BCUT2D eigenvalue weighted by atomic mass is 16.5. The standard InChI is InChI=1S/C15H23NO2/c1-10(2)18-14-6-4-12(5-7-14)15(16)13-8-11(3)17-9-13/h4-7,10-11,13,15H,8-9,16H2,1-3H3. The lowest BCUT2D eigenvalue weighted by molar-refractivity contribution is 0.118. The average Bonchev–Trinajstić information content (AvgIpc) is 2.75. The van der Waals surface area contributed by atoms with E-state index < -0.39 is 0 Å². The van der Waals surface area contributed by atoms with Crippen LogP contribution < -0.4 is 10.5 Å². The predicted molar refractivity (Wildman–Crippen MR) is 72.7 cm³/mol. The Hall–Kier alpha value is -1.06. The van der Waals surface area contributed by atoms with Gasteiger partial charge in [-0.25, -0.2) is 0 Å². The van der Waals surface area contributed by atoms with E-state index in [9.17, 15) is 0 Å². The maximum absolute atomic E-state index is 6.29. The molecule has 0 spiro atoms.